The van der Waals surface area contributed by atoms with E-state index in [1.165, 1.54) is 0 Å². The molecule has 1 aromatic carbocycles. The number of nitrogens with zero attached hydrogens (tertiary/aromatic N) is 1. The summed E-state index contributed by atoms with van der Waals surface area (Å²) in [5.41, 5.74) is 2.20. The lowest BCUT2D eigenvalue weighted by molar-refractivity contribution is 0.0742. The number of carbonyl (C=O) groups excluding carboxylic acids is 1. The van der Waals surface area contributed by atoms with Gasteiger partial charge in [-0.25, -0.2) is 4.98 Å². The Bertz CT molecular complexity index is 625. The largest absolute Gasteiger partial charge is 0.487 e. The Morgan fingerprint density at radius 1 is 1.27 bits per heavy atom. The second-order valence-corrected chi connectivity index (χ2v) is 5.09. The fourth-order valence-corrected chi connectivity index (χ4v) is 2.39. The van der Waals surface area contributed by atoms with Crippen LogP contribution in [0.15, 0.2) is 42.5 Å². The minimum absolute atomic E-state index is 0.0561. The normalized spacial score (nSPS) is 17.9. The number of carbonyl (C=O) groups is 1. The van der Waals surface area contributed by atoms with Gasteiger partial charge in [0.05, 0.1) is 19.3 Å². The molecule has 1 aliphatic heterocycles. The number of pyridine rings is 1. The molecule has 0 unspecified atom stereocenters. The molecular formula is C17H18N2O3. The molecule has 1 aliphatic rings. The summed E-state index contributed by atoms with van der Waals surface area (Å²) in [5, 5.41) is 3.34. The molecule has 0 amide bonds. The predicted molar refractivity (Wildman–Crippen MR) is 82.0 cm³/mol. The first-order chi connectivity index (χ1) is 10.9. The third kappa shape index (κ3) is 3.50. The standard InChI is InChI=1S/C17H18N2O3/c20-10-14-6-7-16(22-11-13-4-2-1-3-5-13)17(19-14)15-12-21-9-8-18-15/h1-7,10,15,18H,8-9,11-12H2/t15-/m1/s1. The molecule has 1 fully saturated rings. The molecule has 2 heterocycles. The quantitative estimate of drug-likeness (QED) is 0.857. The summed E-state index contributed by atoms with van der Waals surface area (Å²) < 4.78 is 11.4. The van der Waals surface area contributed by atoms with Crippen molar-refractivity contribution in [2.75, 3.05) is 19.8 Å². The number of ether oxygens (including phenoxy) is 2. The van der Waals surface area contributed by atoms with Crippen molar-refractivity contribution in [2.45, 2.75) is 12.6 Å². The van der Waals surface area contributed by atoms with E-state index in [-0.39, 0.29) is 6.04 Å². The van der Waals surface area contributed by atoms with Crippen LogP contribution in [0.2, 0.25) is 0 Å². The van der Waals surface area contributed by atoms with E-state index >= 15 is 0 Å². The fraction of sp³-hybridized carbons (Fsp3) is 0.294. The van der Waals surface area contributed by atoms with Crippen molar-refractivity contribution >= 4 is 6.29 Å². The minimum atomic E-state index is -0.0561. The first-order valence-corrected chi connectivity index (χ1v) is 7.31. The van der Waals surface area contributed by atoms with Crippen LogP contribution in [0.5, 0.6) is 5.75 Å². The number of rotatable bonds is 5. The highest BCUT2D eigenvalue weighted by atomic mass is 16.5. The van der Waals surface area contributed by atoms with Crippen molar-refractivity contribution in [2.24, 2.45) is 0 Å². The van der Waals surface area contributed by atoms with E-state index in [0.29, 0.717) is 31.3 Å². The lowest BCUT2D eigenvalue weighted by Crippen LogP contribution is -2.35. The summed E-state index contributed by atoms with van der Waals surface area (Å²) in [6.07, 6.45) is 0.744. The lowest BCUT2D eigenvalue weighted by Gasteiger charge is -2.25. The number of hydrogen-bond acceptors (Lipinski definition) is 5. The summed E-state index contributed by atoms with van der Waals surface area (Å²) in [6, 6.07) is 13.3. The third-order valence-corrected chi connectivity index (χ3v) is 3.52. The molecule has 1 aromatic heterocycles. The Balaban J connectivity index is 1.81. The highest BCUT2D eigenvalue weighted by Gasteiger charge is 2.21. The van der Waals surface area contributed by atoms with Gasteiger partial charge >= 0.3 is 0 Å². The van der Waals surface area contributed by atoms with Crippen LogP contribution in [-0.2, 0) is 11.3 Å². The second kappa shape index (κ2) is 7.15. The number of aldehydes is 1. The molecule has 5 heteroatoms. The molecule has 5 nitrogen and oxygen atoms in total. The van der Waals surface area contributed by atoms with Gasteiger partial charge in [-0.3, -0.25) is 4.79 Å². The maximum absolute atomic E-state index is 11.0. The molecular weight excluding hydrogens is 280 g/mol. The Labute approximate surface area is 129 Å². The Hall–Kier alpha value is -2.24. The monoisotopic (exact) mass is 298 g/mol. The van der Waals surface area contributed by atoms with Gasteiger partial charge in [-0.2, -0.15) is 0 Å². The van der Waals surface area contributed by atoms with Crippen molar-refractivity contribution in [1.29, 1.82) is 0 Å². The van der Waals surface area contributed by atoms with Gasteiger partial charge in [-0.1, -0.05) is 30.3 Å². The molecule has 2 aromatic rings. The van der Waals surface area contributed by atoms with Crippen LogP contribution in [0.25, 0.3) is 0 Å². The van der Waals surface area contributed by atoms with Gasteiger partial charge in [0.1, 0.15) is 23.7 Å². The predicted octanol–water partition coefficient (Wildman–Crippen LogP) is 2.13. The lowest BCUT2D eigenvalue weighted by atomic mass is 10.1. The summed E-state index contributed by atoms with van der Waals surface area (Å²) in [5.74, 6) is 0.678. The molecule has 114 valence electrons. The molecule has 1 atom stereocenters. The third-order valence-electron chi connectivity index (χ3n) is 3.52. The molecule has 0 spiro atoms. The van der Waals surface area contributed by atoms with E-state index in [1.54, 1.807) is 12.1 Å². The average Bonchev–Trinajstić information content (AvgIpc) is 2.61. The molecule has 3 rings (SSSR count). The van der Waals surface area contributed by atoms with Gasteiger partial charge in [-0.05, 0) is 17.7 Å². The highest BCUT2D eigenvalue weighted by Crippen LogP contribution is 2.26. The first-order valence-electron chi connectivity index (χ1n) is 7.31. The second-order valence-electron chi connectivity index (χ2n) is 5.09. The molecule has 0 bridgehead atoms. The summed E-state index contributed by atoms with van der Waals surface area (Å²) in [7, 11) is 0. The van der Waals surface area contributed by atoms with Crippen LogP contribution in [0.4, 0.5) is 0 Å². The number of benzene rings is 1. The van der Waals surface area contributed by atoms with Gasteiger partial charge in [0.2, 0.25) is 0 Å². The van der Waals surface area contributed by atoms with E-state index in [1.807, 2.05) is 30.3 Å². The van der Waals surface area contributed by atoms with E-state index < -0.39 is 0 Å². The van der Waals surface area contributed by atoms with Crippen LogP contribution in [0.3, 0.4) is 0 Å². The Morgan fingerprint density at radius 2 is 2.14 bits per heavy atom. The van der Waals surface area contributed by atoms with Gasteiger partial charge < -0.3 is 14.8 Å². The number of morpholine rings is 1. The van der Waals surface area contributed by atoms with E-state index in [2.05, 4.69) is 10.3 Å². The zero-order valence-electron chi connectivity index (χ0n) is 12.2. The van der Waals surface area contributed by atoms with Crippen LogP contribution < -0.4 is 10.1 Å². The van der Waals surface area contributed by atoms with Gasteiger partial charge in [0.15, 0.2) is 6.29 Å². The molecule has 1 saturated heterocycles. The molecule has 22 heavy (non-hydrogen) atoms. The fourth-order valence-electron chi connectivity index (χ4n) is 2.39. The van der Waals surface area contributed by atoms with Crippen molar-refractivity contribution in [3.8, 4) is 5.75 Å². The van der Waals surface area contributed by atoms with Gasteiger partial charge in [-0.15, -0.1) is 0 Å². The van der Waals surface area contributed by atoms with Crippen molar-refractivity contribution in [1.82, 2.24) is 10.3 Å². The van der Waals surface area contributed by atoms with E-state index in [0.717, 1.165) is 24.1 Å². The average molecular weight is 298 g/mol. The minimum Gasteiger partial charge on any atom is -0.487 e. The number of nitrogens with one attached hydrogen (secondary N) is 1. The van der Waals surface area contributed by atoms with Crippen LogP contribution in [0, 0.1) is 0 Å². The molecule has 1 N–H and O–H groups in total. The van der Waals surface area contributed by atoms with Crippen LogP contribution in [0.1, 0.15) is 27.8 Å². The van der Waals surface area contributed by atoms with Crippen molar-refractivity contribution in [3.05, 3.63) is 59.4 Å². The van der Waals surface area contributed by atoms with E-state index in [4.69, 9.17) is 9.47 Å². The first kappa shape index (κ1) is 14.7. The topological polar surface area (TPSA) is 60.5 Å². The smallest absolute Gasteiger partial charge is 0.168 e. The highest BCUT2D eigenvalue weighted by molar-refractivity contribution is 5.72. The zero-order chi connectivity index (χ0) is 15.2. The van der Waals surface area contributed by atoms with E-state index in [9.17, 15) is 4.79 Å². The SMILES string of the molecule is O=Cc1ccc(OCc2ccccc2)c([C@H]2COCCN2)n1. The van der Waals surface area contributed by atoms with Gasteiger partial charge in [0.25, 0.3) is 0 Å². The summed E-state index contributed by atoms with van der Waals surface area (Å²) in [4.78, 5) is 15.4. The van der Waals surface area contributed by atoms with Gasteiger partial charge in [0, 0.05) is 6.54 Å². The number of aromatic nitrogens is 1. The van der Waals surface area contributed by atoms with Crippen LogP contribution >= 0.6 is 0 Å². The molecule has 0 saturated carbocycles. The Morgan fingerprint density at radius 3 is 2.86 bits per heavy atom. The molecule has 0 radical (unpaired) electrons. The maximum atomic E-state index is 11.0. The maximum Gasteiger partial charge on any atom is 0.168 e. The Kier molecular flexibility index (Phi) is 4.78. The number of hydrogen-bond donors (Lipinski definition) is 1. The summed E-state index contributed by atoms with van der Waals surface area (Å²) in [6.45, 7) is 2.43. The van der Waals surface area contributed by atoms with Crippen molar-refractivity contribution < 1.29 is 14.3 Å². The zero-order valence-corrected chi connectivity index (χ0v) is 12.2. The van der Waals surface area contributed by atoms with Crippen LogP contribution in [-0.4, -0.2) is 31.0 Å². The summed E-state index contributed by atoms with van der Waals surface area (Å²) >= 11 is 0. The molecule has 0 aliphatic carbocycles. The van der Waals surface area contributed by atoms with Crippen molar-refractivity contribution in [3.63, 3.8) is 0 Å².